The summed E-state index contributed by atoms with van der Waals surface area (Å²) in [5.41, 5.74) is 1.46. The zero-order chi connectivity index (χ0) is 21.3. The Kier molecular flexibility index (Phi) is 5.64. The van der Waals surface area contributed by atoms with E-state index in [0.29, 0.717) is 21.7 Å². The topological polar surface area (TPSA) is 121 Å². The summed E-state index contributed by atoms with van der Waals surface area (Å²) in [5, 5.41) is 2.80. The van der Waals surface area contributed by atoms with Crippen molar-refractivity contribution in [1.29, 1.82) is 0 Å². The number of anilines is 1. The molecule has 152 valence electrons. The summed E-state index contributed by atoms with van der Waals surface area (Å²) in [6.45, 7) is 6.22. The summed E-state index contributed by atoms with van der Waals surface area (Å²) in [6, 6.07) is 4.58. The molecule has 1 N–H and O–H groups in total. The first kappa shape index (κ1) is 20.5. The van der Waals surface area contributed by atoms with E-state index in [0.717, 1.165) is 15.9 Å². The van der Waals surface area contributed by atoms with Crippen LogP contribution in [0.5, 0.6) is 0 Å². The van der Waals surface area contributed by atoms with Crippen LogP contribution in [0, 0.1) is 6.92 Å². The van der Waals surface area contributed by atoms with Gasteiger partial charge in [0.15, 0.2) is 16.5 Å². The number of nitrogens with zero attached hydrogens (tertiary/aromatic N) is 2. The van der Waals surface area contributed by atoms with E-state index in [1.807, 2.05) is 0 Å². The molecule has 1 amide bonds. The Morgan fingerprint density at radius 3 is 2.69 bits per heavy atom. The number of aryl methyl sites for hydroxylation is 1. The van der Waals surface area contributed by atoms with Crippen molar-refractivity contribution in [2.45, 2.75) is 40.3 Å². The van der Waals surface area contributed by atoms with Crippen LogP contribution in [-0.2, 0) is 16.1 Å². The lowest BCUT2D eigenvalue weighted by Crippen LogP contribution is -2.24. The van der Waals surface area contributed by atoms with Crippen LogP contribution in [0.25, 0.3) is 11.1 Å². The van der Waals surface area contributed by atoms with Crippen molar-refractivity contribution >= 4 is 45.2 Å². The molecule has 3 rings (SSSR count). The maximum atomic E-state index is 12.4. The van der Waals surface area contributed by atoms with E-state index in [-0.39, 0.29) is 29.1 Å². The first-order chi connectivity index (χ1) is 13.7. The molecule has 0 radical (unpaired) electrons. The van der Waals surface area contributed by atoms with Gasteiger partial charge in [-0.3, -0.25) is 14.2 Å². The summed E-state index contributed by atoms with van der Waals surface area (Å²) in [5.74, 6) is -1.89. The number of Topliss-reactive ketones (excluding diaryl/α,β-unsaturated/α-hetero) is 1. The van der Waals surface area contributed by atoms with E-state index in [4.69, 9.17) is 9.15 Å². The lowest BCUT2D eigenvalue weighted by atomic mass is 10.1. The van der Waals surface area contributed by atoms with Gasteiger partial charge in [-0.25, -0.2) is 14.6 Å². The number of rotatable bonds is 6. The Morgan fingerprint density at radius 1 is 1.31 bits per heavy atom. The molecule has 10 heteroatoms. The van der Waals surface area contributed by atoms with Crippen LogP contribution >= 0.6 is 11.3 Å². The maximum Gasteiger partial charge on any atom is 0.420 e. The lowest BCUT2D eigenvalue weighted by Gasteiger charge is -2.05. The molecule has 29 heavy (non-hydrogen) atoms. The quantitative estimate of drug-likeness (QED) is 0.483. The largest absolute Gasteiger partial charge is 0.459 e. The number of benzene rings is 1. The second-order valence-corrected chi connectivity index (χ2v) is 7.63. The second-order valence-electron chi connectivity index (χ2n) is 6.63. The lowest BCUT2D eigenvalue weighted by molar-refractivity contribution is -0.116. The predicted molar refractivity (Wildman–Crippen MR) is 107 cm³/mol. The molecule has 1 aromatic carbocycles. The average Bonchev–Trinajstić information content (AvgIpc) is 3.13. The number of nitrogens with one attached hydrogen (secondary N) is 1. The van der Waals surface area contributed by atoms with Crippen LogP contribution in [0.15, 0.2) is 27.4 Å². The summed E-state index contributed by atoms with van der Waals surface area (Å²) in [7, 11) is 0. The number of carbonyl (C=O) groups excluding carboxylic acids is 3. The molecule has 0 bridgehead atoms. The monoisotopic (exact) mass is 417 g/mol. The van der Waals surface area contributed by atoms with E-state index in [9.17, 15) is 19.2 Å². The first-order valence-corrected chi connectivity index (χ1v) is 9.60. The van der Waals surface area contributed by atoms with Crippen LogP contribution in [0.4, 0.5) is 5.13 Å². The van der Waals surface area contributed by atoms with Crippen molar-refractivity contribution in [3.05, 3.63) is 44.9 Å². The molecular weight excluding hydrogens is 398 g/mol. The number of hydrogen-bond acceptors (Lipinski definition) is 8. The number of oxazole rings is 1. The fraction of sp³-hybridized carbons (Fsp3) is 0.316. The fourth-order valence-electron chi connectivity index (χ4n) is 2.64. The van der Waals surface area contributed by atoms with Crippen molar-refractivity contribution < 1.29 is 23.5 Å². The zero-order valence-corrected chi connectivity index (χ0v) is 17.1. The minimum absolute atomic E-state index is 0.161. The van der Waals surface area contributed by atoms with Crippen LogP contribution < -0.4 is 11.1 Å². The molecule has 2 heterocycles. The van der Waals surface area contributed by atoms with Crippen LogP contribution in [-0.4, -0.2) is 33.3 Å². The molecule has 2 aromatic heterocycles. The highest BCUT2D eigenvalue weighted by molar-refractivity contribution is 7.17. The molecule has 0 spiro atoms. The molecule has 9 nitrogen and oxygen atoms in total. The van der Waals surface area contributed by atoms with Gasteiger partial charge >= 0.3 is 11.7 Å². The Hall–Kier alpha value is -3.27. The SMILES string of the molecule is CC(=O)c1ccc2c(c1)oc(=O)n2CC(=O)Nc1nc(C)c(C(=O)OC(C)C)s1. The molecule has 0 fully saturated rings. The van der Waals surface area contributed by atoms with Gasteiger partial charge in [-0.2, -0.15) is 0 Å². The van der Waals surface area contributed by atoms with Gasteiger partial charge in [0.25, 0.3) is 0 Å². The van der Waals surface area contributed by atoms with Gasteiger partial charge in [0.2, 0.25) is 5.91 Å². The highest BCUT2D eigenvalue weighted by atomic mass is 32.1. The number of ether oxygens (including phenoxy) is 1. The van der Waals surface area contributed by atoms with Gasteiger partial charge in [0, 0.05) is 5.56 Å². The Bertz CT molecular complexity index is 1170. The number of hydrogen-bond donors (Lipinski definition) is 1. The highest BCUT2D eigenvalue weighted by Crippen LogP contribution is 2.24. The average molecular weight is 417 g/mol. The minimum Gasteiger partial charge on any atom is -0.459 e. The standard InChI is InChI=1S/C19H19N3O6S/c1-9(2)27-17(25)16-10(3)20-18(29-16)21-15(24)8-22-13-6-5-12(11(4)23)7-14(13)28-19(22)26/h5-7,9H,8H2,1-4H3,(H,20,21,24). The van der Waals surface area contributed by atoms with Crippen LogP contribution in [0.2, 0.25) is 0 Å². The fourth-order valence-corrected chi connectivity index (χ4v) is 3.51. The van der Waals surface area contributed by atoms with E-state index >= 15 is 0 Å². The van der Waals surface area contributed by atoms with Gasteiger partial charge in [-0.15, -0.1) is 0 Å². The molecule has 0 saturated heterocycles. The maximum absolute atomic E-state index is 12.4. The Labute approximate surface area is 169 Å². The molecule has 0 aliphatic carbocycles. The molecular formula is C19H19N3O6S. The first-order valence-electron chi connectivity index (χ1n) is 8.78. The molecule has 0 aliphatic rings. The van der Waals surface area contributed by atoms with Gasteiger partial charge < -0.3 is 14.5 Å². The molecule has 3 aromatic rings. The number of amides is 1. The summed E-state index contributed by atoms with van der Waals surface area (Å²) in [6.07, 6.45) is -0.271. The molecule has 0 unspecified atom stereocenters. The number of esters is 1. The summed E-state index contributed by atoms with van der Waals surface area (Å²) >= 11 is 0.998. The number of thiazole rings is 1. The third-order valence-electron chi connectivity index (χ3n) is 3.95. The van der Waals surface area contributed by atoms with Gasteiger partial charge in [-0.05, 0) is 45.9 Å². The minimum atomic E-state index is -0.715. The summed E-state index contributed by atoms with van der Waals surface area (Å²) < 4.78 is 11.4. The van der Waals surface area contributed by atoms with Crippen molar-refractivity contribution in [3.63, 3.8) is 0 Å². The van der Waals surface area contributed by atoms with Crippen molar-refractivity contribution in [3.8, 4) is 0 Å². The third kappa shape index (κ3) is 4.43. The number of fused-ring (bicyclic) bond motifs is 1. The van der Waals surface area contributed by atoms with E-state index < -0.39 is 17.6 Å². The molecule has 0 aliphatic heterocycles. The number of aromatic nitrogens is 2. The second kappa shape index (κ2) is 8.00. The Balaban J connectivity index is 1.78. The summed E-state index contributed by atoms with van der Waals surface area (Å²) in [4.78, 5) is 52.5. The normalized spacial score (nSPS) is 11.1. The van der Waals surface area contributed by atoms with Gasteiger partial charge in [0.1, 0.15) is 11.4 Å². The zero-order valence-electron chi connectivity index (χ0n) is 16.3. The number of ketones is 1. The van der Waals surface area contributed by atoms with Crippen LogP contribution in [0.1, 0.15) is 46.5 Å². The van der Waals surface area contributed by atoms with Crippen molar-refractivity contribution in [2.75, 3.05) is 5.32 Å². The third-order valence-corrected chi connectivity index (χ3v) is 5.00. The smallest absolute Gasteiger partial charge is 0.420 e. The predicted octanol–water partition coefficient (Wildman–Crippen LogP) is 2.77. The van der Waals surface area contributed by atoms with Crippen molar-refractivity contribution in [2.24, 2.45) is 0 Å². The van der Waals surface area contributed by atoms with Crippen molar-refractivity contribution in [1.82, 2.24) is 9.55 Å². The van der Waals surface area contributed by atoms with E-state index in [1.165, 1.54) is 13.0 Å². The van der Waals surface area contributed by atoms with E-state index in [1.54, 1.807) is 32.9 Å². The van der Waals surface area contributed by atoms with Crippen LogP contribution in [0.3, 0.4) is 0 Å². The highest BCUT2D eigenvalue weighted by Gasteiger charge is 2.20. The van der Waals surface area contributed by atoms with E-state index in [2.05, 4.69) is 10.3 Å². The molecule has 0 saturated carbocycles. The number of carbonyl (C=O) groups is 3. The van der Waals surface area contributed by atoms with Gasteiger partial charge in [-0.1, -0.05) is 11.3 Å². The van der Waals surface area contributed by atoms with Gasteiger partial charge in [0.05, 0.1) is 17.3 Å². The Morgan fingerprint density at radius 2 is 2.03 bits per heavy atom. The molecule has 0 atom stereocenters.